The van der Waals surface area contributed by atoms with Gasteiger partial charge in [-0.25, -0.2) is 12.7 Å². The van der Waals surface area contributed by atoms with Crippen molar-refractivity contribution in [3.8, 4) is 11.5 Å². The number of nitrogens with zero attached hydrogens (tertiary/aromatic N) is 3. The van der Waals surface area contributed by atoms with Gasteiger partial charge in [-0.3, -0.25) is 4.99 Å². The molecular formula is C20H33N5O4S. The SMILES string of the molecule is CCNC(=NCCN1CCCS1(=O)=O)NC1CCN(c2cc(OC)cc(OC)c2)C1. The Labute approximate surface area is 179 Å². The number of guanidine groups is 1. The average Bonchev–Trinajstić information content (AvgIpc) is 3.33. The molecule has 3 rings (SSSR count). The number of hydrogen-bond donors (Lipinski definition) is 2. The smallest absolute Gasteiger partial charge is 0.214 e. The molecule has 2 saturated heterocycles. The van der Waals surface area contributed by atoms with Crippen LogP contribution in [-0.2, 0) is 10.0 Å². The number of hydrogen-bond acceptors (Lipinski definition) is 6. The van der Waals surface area contributed by atoms with Gasteiger partial charge in [0, 0.05) is 62.7 Å². The van der Waals surface area contributed by atoms with Crippen LogP contribution in [0.2, 0.25) is 0 Å². The molecule has 30 heavy (non-hydrogen) atoms. The molecule has 2 N–H and O–H groups in total. The first kappa shape index (κ1) is 22.5. The molecule has 0 amide bonds. The summed E-state index contributed by atoms with van der Waals surface area (Å²) in [5, 5.41) is 6.75. The predicted molar refractivity (Wildman–Crippen MR) is 119 cm³/mol. The fraction of sp³-hybridized carbons (Fsp3) is 0.650. The van der Waals surface area contributed by atoms with E-state index in [2.05, 4.69) is 20.5 Å². The topological polar surface area (TPSA) is 95.5 Å². The van der Waals surface area contributed by atoms with Crippen molar-refractivity contribution in [2.24, 2.45) is 4.99 Å². The van der Waals surface area contributed by atoms with E-state index in [1.54, 1.807) is 14.2 Å². The van der Waals surface area contributed by atoms with Gasteiger partial charge >= 0.3 is 0 Å². The van der Waals surface area contributed by atoms with Crippen LogP contribution < -0.4 is 25.0 Å². The highest BCUT2D eigenvalue weighted by atomic mass is 32.2. The third-order valence-corrected chi connectivity index (χ3v) is 7.35. The predicted octanol–water partition coefficient (Wildman–Crippen LogP) is 0.873. The van der Waals surface area contributed by atoms with Crippen molar-refractivity contribution in [2.75, 3.05) is 64.1 Å². The number of nitrogens with one attached hydrogen (secondary N) is 2. The molecule has 2 aliphatic heterocycles. The Morgan fingerprint density at radius 3 is 2.53 bits per heavy atom. The van der Waals surface area contributed by atoms with E-state index < -0.39 is 10.0 Å². The molecule has 9 nitrogen and oxygen atoms in total. The summed E-state index contributed by atoms with van der Waals surface area (Å²) in [6.45, 7) is 5.99. The van der Waals surface area contributed by atoms with Gasteiger partial charge in [-0.2, -0.15) is 0 Å². The van der Waals surface area contributed by atoms with E-state index in [0.29, 0.717) is 26.1 Å². The number of anilines is 1. The van der Waals surface area contributed by atoms with Crippen LogP contribution in [0.25, 0.3) is 0 Å². The van der Waals surface area contributed by atoms with Crippen LogP contribution in [0.5, 0.6) is 11.5 Å². The van der Waals surface area contributed by atoms with Crippen molar-refractivity contribution < 1.29 is 17.9 Å². The first-order valence-corrected chi connectivity index (χ1v) is 12.1. The van der Waals surface area contributed by atoms with E-state index in [0.717, 1.165) is 49.2 Å². The lowest BCUT2D eigenvalue weighted by molar-refractivity contribution is 0.394. The lowest BCUT2D eigenvalue weighted by Gasteiger charge is -2.21. The number of rotatable bonds is 8. The lowest BCUT2D eigenvalue weighted by Crippen LogP contribution is -2.45. The summed E-state index contributed by atoms with van der Waals surface area (Å²) < 4.78 is 36.2. The number of sulfonamides is 1. The van der Waals surface area contributed by atoms with E-state index in [-0.39, 0.29) is 11.8 Å². The second kappa shape index (κ2) is 10.2. The Kier molecular flexibility index (Phi) is 7.65. The molecule has 0 aromatic heterocycles. The zero-order valence-electron chi connectivity index (χ0n) is 18.1. The van der Waals surface area contributed by atoms with Crippen molar-refractivity contribution in [2.45, 2.75) is 25.8 Å². The summed E-state index contributed by atoms with van der Waals surface area (Å²) in [6.07, 6.45) is 1.68. The van der Waals surface area contributed by atoms with Crippen molar-refractivity contribution in [1.82, 2.24) is 14.9 Å². The van der Waals surface area contributed by atoms with Crippen LogP contribution in [0.15, 0.2) is 23.2 Å². The molecule has 0 spiro atoms. The van der Waals surface area contributed by atoms with Crippen molar-refractivity contribution >= 4 is 21.7 Å². The molecule has 2 fully saturated rings. The zero-order chi connectivity index (χ0) is 21.6. The minimum absolute atomic E-state index is 0.246. The number of aliphatic imine (C=N–C) groups is 1. The highest BCUT2D eigenvalue weighted by Gasteiger charge is 2.28. The fourth-order valence-corrected chi connectivity index (χ4v) is 5.34. The highest BCUT2D eigenvalue weighted by Crippen LogP contribution is 2.30. The molecule has 10 heteroatoms. The van der Waals surface area contributed by atoms with Crippen LogP contribution in [0.4, 0.5) is 5.69 Å². The van der Waals surface area contributed by atoms with Gasteiger partial charge < -0.3 is 25.0 Å². The van der Waals surface area contributed by atoms with E-state index >= 15 is 0 Å². The number of benzene rings is 1. The maximum atomic E-state index is 11.9. The van der Waals surface area contributed by atoms with Crippen LogP contribution in [0.3, 0.4) is 0 Å². The van der Waals surface area contributed by atoms with E-state index in [1.165, 1.54) is 4.31 Å². The van der Waals surface area contributed by atoms with Crippen molar-refractivity contribution in [1.29, 1.82) is 0 Å². The molecule has 168 valence electrons. The van der Waals surface area contributed by atoms with Gasteiger partial charge in [0.1, 0.15) is 11.5 Å². The van der Waals surface area contributed by atoms with Gasteiger partial charge in [-0.05, 0) is 19.8 Å². The molecule has 0 radical (unpaired) electrons. The maximum Gasteiger partial charge on any atom is 0.214 e. The summed E-state index contributed by atoms with van der Waals surface area (Å²) in [5.41, 5.74) is 1.07. The molecule has 1 atom stereocenters. The molecule has 1 aromatic carbocycles. The van der Waals surface area contributed by atoms with Gasteiger partial charge in [0.2, 0.25) is 10.0 Å². The van der Waals surface area contributed by atoms with Crippen LogP contribution in [-0.4, -0.2) is 84.0 Å². The summed E-state index contributed by atoms with van der Waals surface area (Å²) in [4.78, 5) is 6.88. The summed E-state index contributed by atoms with van der Waals surface area (Å²) in [7, 11) is 0.231. The highest BCUT2D eigenvalue weighted by molar-refractivity contribution is 7.89. The van der Waals surface area contributed by atoms with Gasteiger partial charge in [0.25, 0.3) is 0 Å². The van der Waals surface area contributed by atoms with E-state index in [1.807, 2.05) is 25.1 Å². The monoisotopic (exact) mass is 439 g/mol. The molecule has 1 aromatic rings. The second-order valence-corrected chi connectivity index (χ2v) is 9.56. The molecule has 0 aliphatic carbocycles. The molecule has 2 aliphatic rings. The van der Waals surface area contributed by atoms with Crippen LogP contribution in [0, 0.1) is 0 Å². The maximum absolute atomic E-state index is 11.9. The quantitative estimate of drug-likeness (QED) is 0.458. The zero-order valence-corrected chi connectivity index (χ0v) is 18.9. The van der Waals surface area contributed by atoms with Gasteiger partial charge in [0.05, 0.1) is 26.5 Å². The number of methoxy groups -OCH3 is 2. The molecule has 2 heterocycles. The molecule has 1 unspecified atom stereocenters. The molecule has 0 saturated carbocycles. The molecular weight excluding hydrogens is 406 g/mol. The third-order valence-electron chi connectivity index (χ3n) is 5.40. The molecule has 0 bridgehead atoms. The Bertz CT molecular complexity index is 823. The Hall–Kier alpha value is -2.20. The first-order chi connectivity index (χ1) is 14.4. The van der Waals surface area contributed by atoms with Crippen LogP contribution >= 0.6 is 0 Å². The van der Waals surface area contributed by atoms with Gasteiger partial charge in [-0.1, -0.05) is 0 Å². The Balaban J connectivity index is 1.58. The van der Waals surface area contributed by atoms with Gasteiger partial charge in [0.15, 0.2) is 5.96 Å². The average molecular weight is 440 g/mol. The van der Waals surface area contributed by atoms with Crippen molar-refractivity contribution in [3.05, 3.63) is 18.2 Å². The van der Waals surface area contributed by atoms with Crippen molar-refractivity contribution in [3.63, 3.8) is 0 Å². The second-order valence-electron chi connectivity index (χ2n) is 7.48. The van der Waals surface area contributed by atoms with Gasteiger partial charge in [-0.15, -0.1) is 0 Å². The Morgan fingerprint density at radius 2 is 1.93 bits per heavy atom. The standard InChI is InChI=1S/C20H33N5O4S/c1-4-21-20(22-7-10-25-8-5-11-30(25,26)27)23-16-6-9-24(15-16)17-12-18(28-2)14-19(13-17)29-3/h12-14,16H,4-11,15H2,1-3H3,(H2,21,22,23). The third kappa shape index (κ3) is 5.69. The first-order valence-electron chi connectivity index (χ1n) is 10.5. The largest absolute Gasteiger partial charge is 0.497 e. The Morgan fingerprint density at radius 1 is 1.20 bits per heavy atom. The van der Waals surface area contributed by atoms with Crippen LogP contribution in [0.1, 0.15) is 19.8 Å². The number of ether oxygens (including phenoxy) is 2. The van der Waals surface area contributed by atoms with E-state index in [9.17, 15) is 8.42 Å². The van der Waals surface area contributed by atoms with E-state index in [4.69, 9.17) is 9.47 Å². The minimum Gasteiger partial charge on any atom is -0.497 e. The lowest BCUT2D eigenvalue weighted by atomic mass is 10.2. The fourth-order valence-electron chi connectivity index (χ4n) is 3.82. The summed E-state index contributed by atoms with van der Waals surface area (Å²) in [6, 6.07) is 6.14. The summed E-state index contributed by atoms with van der Waals surface area (Å²) >= 11 is 0. The normalized spacial score (nSPS) is 21.6. The summed E-state index contributed by atoms with van der Waals surface area (Å²) in [5.74, 6) is 2.52. The minimum atomic E-state index is -3.07.